The highest BCUT2D eigenvalue weighted by Crippen LogP contribution is 2.32. The van der Waals surface area contributed by atoms with Crippen molar-refractivity contribution in [1.82, 2.24) is 15.1 Å². The number of para-hydroxylation sites is 2. The summed E-state index contributed by atoms with van der Waals surface area (Å²) in [6.45, 7) is 3.79. The summed E-state index contributed by atoms with van der Waals surface area (Å²) >= 11 is 0. The summed E-state index contributed by atoms with van der Waals surface area (Å²) in [5.74, 6) is -0.404. The van der Waals surface area contributed by atoms with Gasteiger partial charge < -0.3 is 14.8 Å². The van der Waals surface area contributed by atoms with Gasteiger partial charge in [0.15, 0.2) is 6.10 Å². The lowest BCUT2D eigenvalue weighted by atomic mass is 10.1. The van der Waals surface area contributed by atoms with Crippen LogP contribution in [0.5, 0.6) is 5.75 Å². The van der Waals surface area contributed by atoms with Gasteiger partial charge in [-0.05, 0) is 38.1 Å². The Morgan fingerprint density at radius 3 is 2.48 bits per heavy atom. The van der Waals surface area contributed by atoms with Crippen LogP contribution in [0.15, 0.2) is 60.8 Å². The van der Waals surface area contributed by atoms with Crippen LogP contribution in [-0.2, 0) is 9.53 Å². The van der Waals surface area contributed by atoms with E-state index in [4.69, 9.17) is 9.47 Å². The molecule has 0 unspecified atom stereocenters. The molecule has 0 bridgehead atoms. The minimum atomic E-state index is -0.923. The molecule has 0 fully saturated rings. The number of benzene rings is 2. The molecule has 1 heterocycles. The molecule has 0 aliphatic carbocycles. The lowest BCUT2D eigenvalue weighted by Crippen LogP contribution is -2.35. The number of aromatic nitrogens is 2. The number of rotatable bonds is 7. The van der Waals surface area contributed by atoms with Crippen LogP contribution in [0, 0.1) is 0 Å². The molecular weight excluding hydrogens is 370 g/mol. The Balaban J connectivity index is 2.03. The molecule has 1 atom stereocenters. The SMILES string of the molecule is CCNC(=O)[C@H](C)OC(=O)c1cn(-c2ccccc2)nc1-c1ccccc1OC. The summed E-state index contributed by atoms with van der Waals surface area (Å²) in [6, 6.07) is 16.7. The Bertz CT molecular complexity index is 998. The number of amides is 1. The van der Waals surface area contributed by atoms with Crippen LogP contribution in [0.25, 0.3) is 16.9 Å². The summed E-state index contributed by atoms with van der Waals surface area (Å²) in [4.78, 5) is 24.9. The second kappa shape index (κ2) is 9.05. The van der Waals surface area contributed by atoms with E-state index in [1.54, 1.807) is 31.0 Å². The van der Waals surface area contributed by atoms with Gasteiger partial charge in [-0.3, -0.25) is 4.79 Å². The van der Waals surface area contributed by atoms with Crippen molar-refractivity contribution in [1.29, 1.82) is 0 Å². The molecule has 1 amide bonds. The highest BCUT2D eigenvalue weighted by Gasteiger charge is 2.25. The van der Waals surface area contributed by atoms with E-state index in [-0.39, 0.29) is 11.5 Å². The third-order valence-electron chi connectivity index (χ3n) is 4.32. The summed E-state index contributed by atoms with van der Waals surface area (Å²) in [6.07, 6.45) is 0.678. The quantitative estimate of drug-likeness (QED) is 0.623. The number of nitrogens with zero attached hydrogens (tertiary/aromatic N) is 2. The second-order valence-corrected chi connectivity index (χ2v) is 6.31. The van der Waals surface area contributed by atoms with E-state index in [1.807, 2.05) is 48.5 Å². The van der Waals surface area contributed by atoms with E-state index in [0.29, 0.717) is 23.6 Å². The molecule has 0 spiro atoms. The van der Waals surface area contributed by atoms with E-state index < -0.39 is 12.1 Å². The van der Waals surface area contributed by atoms with Crippen LogP contribution >= 0.6 is 0 Å². The van der Waals surface area contributed by atoms with E-state index >= 15 is 0 Å². The normalized spacial score (nSPS) is 11.6. The first-order chi connectivity index (χ1) is 14.0. The van der Waals surface area contributed by atoms with Crippen molar-refractivity contribution in [2.24, 2.45) is 0 Å². The number of ether oxygens (including phenoxy) is 2. The zero-order valence-electron chi connectivity index (χ0n) is 16.6. The number of likely N-dealkylation sites (N-methyl/N-ethyl adjacent to an activating group) is 1. The fraction of sp³-hybridized carbons (Fsp3) is 0.227. The predicted octanol–water partition coefficient (Wildman–Crippen LogP) is 3.23. The number of carbonyl (C=O) groups is 2. The molecule has 0 aliphatic heterocycles. The molecule has 1 aromatic heterocycles. The topological polar surface area (TPSA) is 82.5 Å². The minimum Gasteiger partial charge on any atom is -0.496 e. The maximum absolute atomic E-state index is 12.9. The maximum atomic E-state index is 12.9. The van der Waals surface area contributed by atoms with Gasteiger partial charge >= 0.3 is 5.97 Å². The van der Waals surface area contributed by atoms with Crippen LogP contribution in [0.1, 0.15) is 24.2 Å². The third kappa shape index (κ3) is 4.45. The van der Waals surface area contributed by atoms with Crippen LogP contribution < -0.4 is 10.1 Å². The molecule has 29 heavy (non-hydrogen) atoms. The van der Waals surface area contributed by atoms with Crippen molar-refractivity contribution >= 4 is 11.9 Å². The lowest BCUT2D eigenvalue weighted by Gasteiger charge is -2.13. The van der Waals surface area contributed by atoms with Gasteiger partial charge in [0, 0.05) is 18.3 Å². The zero-order chi connectivity index (χ0) is 20.8. The van der Waals surface area contributed by atoms with Gasteiger partial charge in [0.05, 0.1) is 12.8 Å². The second-order valence-electron chi connectivity index (χ2n) is 6.31. The van der Waals surface area contributed by atoms with Gasteiger partial charge in [-0.2, -0.15) is 5.10 Å². The number of hydrogen-bond acceptors (Lipinski definition) is 5. The van der Waals surface area contributed by atoms with Crippen LogP contribution in [0.3, 0.4) is 0 Å². The molecule has 0 aliphatic rings. The van der Waals surface area contributed by atoms with E-state index in [9.17, 15) is 9.59 Å². The molecule has 2 aromatic carbocycles. The molecule has 0 saturated heterocycles. The summed E-state index contributed by atoms with van der Waals surface area (Å²) in [5.41, 5.74) is 2.11. The lowest BCUT2D eigenvalue weighted by molar-refractivity contribution is -0.128. The van der Waals surface area contributed by atoms with E-state index in [1.165, 1.54) is 6.92 Å². The Kier molecular flexibility index (Phi) is 6.29. The fourth-order valence-corrected chi connectivity index (χ4v) is 2.87. The largest absolute Gasteiger partial charge is 0.496 e. The first-order valence-electron chi connectivity index (χ1n) is 9.32. The van der Waals surface area contributed by atoms with Gasteiger partial charge in [-0.1, -0.05) is 30.3 Å². The number of esters is 1. The minimum absolute atomic E-state index is 0.245. The predicted molar refractivity (Wildman–Crippen MR) is 109 cm³/mol. The van der Waals surface area contributed by atoms with Crippen LogP contribution in [0.4, 0.5) is 0 Å². The summed E-state index contributed by atoms with van der Waals surface area (Å²) in [5, 5.41) is 7.24. The third-order valence-corrected chi connectivity index (χ3v) is 4.32. The molecule has 7 nitrogen and oxygen atoms in total. The van der Waals surface area contributed by atoms with Gasteiger partial charge in [0.1, 0.15) is 17.0 Å². The van der Waals surface area contributed by atoms with Gasteiger partial charge in [-0.25, -0.2) is 9.48 Å². The standard InChI is InChI=1S/C22H23N3O4/c1-4-23-21(26)15(2)29-22(27)18-14-25(16-10-6-5-7-11-16)24-20(18)17-12-8-9-13-19(17)28-3/h5-15H,4H2,1-3H3,(H,23,26)/t15-/m0/s1. The number of methoxy groups -OCH3 is 1. The number of nitrogens with one attached hydrogen (secondary N) is 1. The summed E-state index contributed by atoms with van der Waals surface area (Å²) in [7, 11) is 1.56. The van der Waals surface area contributed by atoms with Gasteiger partial charge in [-0.15, -0.1) is 0 Å². The zero-order valence-corrected chi connectivity index (χ0v) is 16.6. The highest BCUT2D eigenvalue weighted by molar-refractivity contribution is 5.98. The molecule has 0 radical (unpaired) electrons. The van der Waals surface area contributed by atoms with Crippen molar-refractivity contribution in [3.05, 3.63) is 66.4 Å². The Morgan fingerprint density at radius 2 is 1.79 bits per heavy atom. The Morgan fingerprint density at radius 1 is 1.10 bits per heavy atom. The molecule has 3 rings (SSSR count). The molecule has 150 valence electrons. The molecular formula is C22H23N3O4. The first-order valence-corrected chi connectivity index (χ1v) is 9.32. The van der Waals surface area contributed by atoms with Crippen LogP contribution in [0.2, 0.25) is 0 Å². The molecule has 7 heteroatoms. The van der Waals surface area contributed by atoms with Crippen molar-refractivity contribution in [2.75, 3.05) is 13.7 Å². The Labute approximate surface area is 169 Å². The smallest absolute Gasteiger partial charge is 0.342 e. The van der Waals surface area contributed by atoms with Gasteiger partial charge in [0.2, 0.25) is 0 Å². The van der Waals surface area contributed by atoms with Crippen molar-refractivity contribution in [3.8, 4) is 22.7 Å². The molecule has 3 aromatic rings. The van der Waals surface area contributed by atoms with Crippen molar-refractivity contribution < 1.29 is 19.1 Å². The average molecular weight is 393 g/mol. The first kappa shape index (κ1) is 20.1. The number of carbonyl (C=O) groups excluding carboxylic acids is 2. The molecule has 0 saturated carbocycles. The monoisotopic (exact) mass is 393 g/mol. The van der Waals surface area contributed by atoms with Crippen molar-refractivity contribution in [2.45, 2.75) is 20.0 Å². The average Bonchev–Trinajstić information content (AvgIpc) is 3.20. The fourth-order valence-electron chi connectivity index (χ4n) is 2.87. The van der Waals surface area contributed by atoms with E-state index in [2.05, 4.69) is 10.4 Å². The van der Waals surface area contributed by atoms with E-state index in [0.717, 1.165) is 5.69 Å². The van der Waals surface area contributed by atoms with Crippen LogP contribution in [-0.4, -0.2) is 41.4 Å². The molecule has 1 N–H and O–H groups in total. The Hall–Kier alpha value is -3.61. The van der Waals surface area contributed by atoms with Gasteiger partial charge in [0.25, 0.3) is 5.91 Å². The maximum Gasteiger partial charge on any atom is 0.342 e. The van der Waals surface area contributed by atoms with Crippen molar-refractivity contribution in [3.63, 3.8) is 0 Å². The highest BCUT2D eigenvalue weighted by atomic mass is 16.5. The summed E-state index contributed by atoms with van der Waals surface area (Å²) < 4.78 is 12.4. The number of hydrogen-bond donors (Lipinski definition) is 1.